The van der Waals surface area contributed by atoms with E-state index in [4.69, 9.17) is 0 Å². The van der Waals surface area contributed by atoms with Gasteiger partial charge in [0.2, 0.25) is 0 Å². The maximum atomic E-state index is 12.3. The SMILES string of the molecule is CCSC1CCCCN(C(=O)NCCCC(C)(C)CO)C1. The van der Waals surface area contributed by atoms with Gasteiger partial charge in [-0.25, -0.2) is 4.79 Å². The van der Waals surface area contributed by atoms with E-state index in [9.17, 15) is 9.90 Å². The van der Waals surface area contributed by atoms with Gasteiger partial charge in [-0.2, -0.15) is 11.8 Å². The zero-order valence-corrected chi connectivity index (χ0v) is 14.7. The molecule has 1 heterocycles. The number of thioether (sulfide) groups is 1. The minimum atomic E-state index is -0.0454. The molecule has 1 atom stereocenters. The van der Waals surface area contributed by atoms with E-state index in [2.05, 4.69) is 26.1 Å². The zero-order valence-electron chi connectivity index (χ0n) is 13.9. The lowest BCUT2D eigenvalue weighted by Gasteiger charge is -2.25. The first kappa shape index (κ1) is 18.6. The lowest BCUT2D eigenvalue weighted by atomic mass is 9.89. The molecule has 1 aliphatic heterocycles. The first-order chi connectivity index (χ1) is 9.98. The molecule has 124 valence electrons. The lowest BCUT2D eigenvalue weighted by molar-refractivity contribution is 0.147. The zero-order chi connectivity index (χ0) is 15.7. The van der Waals surface area contributed by atoms with Gasteiger partial charge in [0, 0.05) is 31.5 Å². The van der Waals surface area contributed by atoms with Crippen LogP contribution in [-0.4, -0.2) is 53.3 Å². The molecule has 0 radical (unpaired) electrons. The van der Waals surface area contributed by atoms with Crippen molar-refractivity contribution >= 4 is 17.8 Å². The summed E-state index contributed by atoms with van der Waals surface area (Å²) in [5.41, 5.74) is -0.0454. The van der Waals surface area contributed by atoms with Gasteiger partial charge in [0.05, 0.1) is 0 Å². The van der Waals surface area contributed by atoms with Crippen LogP contribution in [0.4, 0.5) is 4.79 Å². The van der Waals surface area contributed by atoms with E-state index in [-0.39, 0.29) is 18.1 Å². The summed E-state index contributed by atoms with van der Waals surface area (Å²) in [7, 11) is 0. The summed E-state index contributed by atoms with van der Waals surface area (Å²) in [6.45, 7) is 8.95. The number of hydrogen-bond donors (Lipinski definition) is 2. The van der Waals surface area contributed by atoms with Crippen LogP contribution in [0.1, 0.15) is 52.9 Å². The Labute approximate surface area is 134 Å². The van der Waals surface area contributed by atoms with Gasteiger partial charge in [-0.1, -0.05) is 27.2 Å². The summed E-state index contributed by atoms with van der Waals surface area (Å²) in [4.78, 5) is 14.2. The van der Waals surface area contributed by atoms with Crippen LogP contribution in [0.5, 0.6) is 0 Å². The Hall–Kier alpha value is -0.420. The average Bonchev–Trinajstić information content (AvgIpc) is 2.69. The number of aliphatic hydroxyl groups excluding tert-OH is 1. The number of likely N-dealkylation sites (tertiary alicyclic amines) is 1. The van der Waals surface area contributed by atoms with Crippen molar-refractivity contribution in [2.24, 2.45) is 5.41 Å². The van der Waals surface area contributed by atoms with Crippen molar-refractivity contribution in [1.82, 2.24) is 10.2 Å². The second-order valence-corrected chi connectivity index (χ2v) is 8.25. The number of nitrogens with one attached hydrogen (secondary N) is 1. The van der Waals surface area contributed by atoms with Crippen LogP contribution in [0, 0.1) is 5.41 Å². The second kappa shape index (κ2) is 9.57. The monoisotopic (exact) mass is 316 g/mol. The van der Waals surface area contributed by atoms with Crippen LogP contribution in [0.3, 0.4) is 0 Å². The predicted octanol–water partition coefficient (Wildman–Crippen LogP) is 3.10. The van der Waals surface area contributed by atoms with E-state index in [1.165, 1.54) is 12.8 Å². The van der Waals surface area contributed by atoms with E-state index >= 15 is 0 Å². The van der Waals surface area contributed by atoms with Gasteiger partial charge >= 0.3 is 6.03 Å². The fourth-order valence-corrected chi connectivity index (χ4v) is 3.70. The summed E-state index contributed by atoms with van der Waals surface area (Å²) < 4.78 is 0. The molecule has 1 aliphatic rings. The van der Waals surface area contributed by atoms with Crippen molar-refractivity contribution in [1.29, 1.82) is 0 Å². The smallest absolute Gasteiger partial charge is 0.317 e. The van der Waals surface area contributed by atoms with Gasteiger partial charge in [-0.05, 0) is 36.9 Å². The highest BCUT2D eigenvalue weighted by molar-refractivity contribution is 7.99. The van der Waals surface area contributed by atoms with E-state index in [1.807, 2.05) is 16.7 Å². The van der Waals surface area contributed by atoms with Gasteiger partial charge in [-0.3, -0.25) is 0 Å². The molecular weight excluding hydrogens is 284 g/mol. The van der Waals surface area contributed by atoms with Crippen LogP contribution in [-0.2, 0) is 0 Å². The molecule has 0 aromatic carbocycles. The van der Waals surface area contributed by atoms with Crippen molar-refractivity contribution in [2.75, 3.05) is 32.0 Å². The predicted molar refractivity (Wildman–Crippen MR) is 90.8 cm³/mol. The number of rotatable bonds is 7. The molecule has 1 rings (SSSR count). The van der Waals surface area contributed by atoms with Gasteiger partial charge < -0.3 is 15.3 Å². The number of aliphatic hydroxyl groups is 1. The Bertz CT molecular complexity index is 311. The molecule has 0 saturated carbocycles. The molecule has 4 nitrogen and oxygen atoms in total. The normalized spacial score (nSPS) is 20.2. The van der Waals surface area contributed by atoms with Gasteiger partial charge in [0.25, 0.3) is 0 Å². The highest BCUT2D eigenvalue weighted by Gasteiger charge is 2.22. The molecule has 21 heavy (non-hydrogen) atoms. The summed E-state index contributed by atoms with van der Waals surface area (Å²) >= 11 is 1.97. The van der Waals surface area contributed by atoms with Crippen LogP contribution in [0.15, 0.2) is 0 Å². The Kier molecular flexibility index (Phi) is 8.49. The van der Waals surface area contributed by atoms with Crippen LogP contribution in [0.25, 0.3) is 0 Å². The van der Waals surface area contributed by atoms with E-state index < -0.39 is 0 Å². The molecule has 2 amide bonds. The molecule has 0 aromatic rings. The number of hydrogen-bond acceptors (Lipinski definition) is 3. The van der Waals surface area contributed by atoms with Crippen molar-refractivity contribution in [3.63, 3.8) is 0 Å². The Morgan fingerprint density at radius 1 is 1.43 bits per heavy atom. The summed E-state index contributed by atoms with van der Waals surface area (Å²) in [6, 6.07) is 0.0837. The molecule has 1 unspecified atom stereocenters. The number of urea groups is 1. The van der Waals surface area contributed by atoms with E-state index in [0.717, 1.165) is 38.1 Å². The molecular formula is C16H32N2O2S. The minimum Gasteiger partial charge on any atom is -0.396 e. The fraction of sp³-hybridized carbons (Fsp3) is 0.938. The topological polar surface area (TPSA) is 52.6 Å². The molecule has 0 spiro atoms. The first-order valence-electron chi connectivity index (χ1n) is 8.24. The molecule has 5 heteroatoms. The quantitative estimate of drug-likeness (QED) is 0.710. The number of carbonyl (C=O) groups is 1. The van der Waals surface area contributed by atoms with Gasteiger partial charge in [-0.15, -0.1) is 0 Å². The third-order valence-corrected chi connectivity index (χ3v) is 5.24. The van der Waals surface area contributed by atoms with Crippen molar-refractivity contribution in [3.05, 3.63) is 0 Å². The minimum absolute atomic E-state index is 0.0454. The molecule has 0 aliphatic carbocycles. The van der Waals surface area contributed by atoms with E-state index in [1.54, 1.807) is 0 Å². The summed E-state index contributed by atoms with van der Waals surface area (Å²) in [5, 5.41) is 12.8. The first-order valence-corrected chi connectivity index (χ1v) is 9.28. The number of nitrogens with zero attached hydrogens (tertiary/aromatic N) is 1. The molecule has 0 aromatic heterocycles. The van der Waals surface area contributed by atoms with Crippen LogP contribution < -0.4 is 5.32 Å². The summed E-state index contributed by atoms with van der Waals surface area (Å²) in [6.07, 6.45) is 5.42. The average molecular weight is 317 g/mol. The second-order valence-electron chi connectivity index (χ2n) is 6.68. The Morgan fingerprint density at radius 3 is 2.86 bits per heavy atom. The molecule has 1 fully saturated rings. The number of carbonyl (C=O) groups excluding carboxylic acids is 1. The van der Waals surface area contributed by atoms with Gasteiger partial charge in [0.1, 0.15) is 0 Å². The number of amides is 2. The fourth-order valence-electron chi connectivity index (χ4n) is 2.61. The molecule has 0 bridgehead atoms. The Morgan fingerprint density at radius 2 is 2.19 bits per heavy atom. The van der Waals surface area contributed by atoms with E-state index in [0.29, 0.717) is 11.8 Å². The molecule has 2 N–H and O–H groups in total. The highest BCUT2D eigenvalue weighted by Crippen LogP contribution is 2.22. The standard InChI is InChI=1S/C16H32N2O2S/c1-4-21-14-8-5-6-11-18(12-14)15(20)17-10-7-9-16(2,3)13-19/h14,19H,4-13H2,1-3H3,(H,17,20). The maximum Gasteiger partial charge on any atom is 0.317 e. The Balaban J connectivity index is 2.29. The van der Waals surface area contributed by atoms with Gasteiger partial charge in [0.15, 0.2) is 0 Å². The van der Waals surface area contributed by atoms with Crippen LogP contribution >= 0.6 is 11.8 Å². The lowest BCUT2D eigenvalue weighted by Crippen LogP contribution is -2.43. The third-order valence-electron chi connectivity index (χ3n) is 4.05. The molecule has 1 saturated heterocycles. The van der Waals surface area contributed by atoms with Crippen molar-refractivity contribution in [2.45, 2.75) is 58.1 Å². The van der Waals surface area contributed by atoms with Crippen molar-refractivity contribution < 1.29 is 9.90 Å². The van der Waals surface area contributed by atoms with Crippen LogP contribution in [0.2, 0.25) is 0 Å². The largest absolute Gasteiger partial charge is 0.396 e. The van der Waals surface area contributed by atoms with Crippen molar-refractivity contribution in [3.8, 4) is 0 Å². The maximum absolute atomic E-state index is 12.3. The summed E-state index contributed by atoms with van der Waals surface area (Å²) in [5.74, 6) is 1.12. The third kappa shape index (κ3) is 7.41. The highest BCUT2D eigenvalue weighted by atomic mass is 32.2.